The van der Waals surface area contributed by atoms with Crippen LogP contribution in [0.5, 0.6) is 5.75 Å². The molecule has 2 rings (SSSR count). The molecule has 0 aliphatic heterocycles. The molecule has 3 nitrogen and oxygen atoms in total. The van der Waals surface area contributed by atoms with Crippen molar-refractivity contribution in [2.24, 2.45) is 0 Å². The van der Waals surface area contributed by atoms with Crippen LogP contribution in [-0.4, -0.2) is 17.9 Å². The molecule has 0 aliphatic rings. The third-order valence-corrected chi connectivity index (χ3v) is 3.52. The number of benzene rings is 1. The summed E-state index contributed by atoms with van der Waals surface area (Å²) >= 11 is 3.45. The lowest BCUT2D eigenvalue weighted by Gasteiger charge is -2.06. The van der Waals surface area contributed by atoms with Crippen molar-refractivity contribution in [1.29, 1.82) is 0 Å². The van der Waals surface area contributed by atoms with E-state index in [0.717, 1.165) is 21.5 Å². The van der Waals surface area contributed by atoms with Crippen molar-refractivity contribution in [3.63, 3.8) is 0 Å². The molecule has 0 saturated heterocycles. The number of pyridine rings is 1. The van der Waals surface area contributed by atoms with Gasteiger partial charge in [0.2, 0.25) is 0 Å². The van der Waals surface area contributed by atoms with Crippen molar-refractivity contribution < 1.29 is 9.53 Å². The predicted molar refractivity (Wildman–Crippen MR) is 77.3 cm³/mol. The van der Waals surface area contributed by atoms with E-state index in [1.165, 1.54) is 0 Å². The Bertz CT molecular complexity index is 570. The zero-order valence-corrected chi connectivity index (χ0v) is 12.2. The summed E-state index contributed by atoms with van der Waals surface area (Å²) in [7, 11) is 1.61. The van der Waals surface area contributed by atoms with Gasteiger partial charge in [0.15, 0.2) is 0 Å². The summed E-state index contributed by atoms with van der Waals surface area (Å²) in [5, 5.41) is 0. The molecule has 1 heterocycles. The van der Waals surface area contributed by atoms with Gasteiger partial charge in [-0.3, -0.25) is 9.78 Å². The predicted octanol–water partition coefficient (Wildman–Crippen LogP) is 3.21. The molecule has 1 aromatic heterocycles. The van der Waals surface area contributed by atoms with E-state index in [9.17, 15) is 4.79 Å². The van der Waals surface area contributed by atoms with Crippen LogP contribution in [0.1, 0.15) is 11.3 Å². The summed E-state index contributed by atoms with van der Waals surface area (Å²) in [6.45, 7) is 0. The monoisotopic (exact) mass is 319 g/mol. The van der Waals surface area contributed by atoms with Crippen molar-refractivity contribution in [2.45, 2.75) is 12.8 Å². The smallest absolute Gasteiger partial charge is 0.143 e. The number of carbonyl (C=O) groups excluding carboxylic acids is 1. The van der Waals surface area contributed by atoms with Crippen LogP contribution in [-0.2, 0) is 17.6 Å². The van der Waals surface area contributed by atoms with Gasteiger partial charge in [0.05, 0.1) is 7.11 Å². The van der Waals surface area contributed by atoms with Gasteiger partial charge < -0.3 is 4.74 Å². The Labute approximate surface area is 120 Å². The number of nitrogens with zero attached hydrogens (tertiary/aromatic N) is 1. The highest BCUT2D eigenvalue weighted by atomic mass is 79.9. The zero-order valence-electron chi connectivity index (χ0n) is 10.6. The fourth-order valence-corrected chi connectivity index (χ4v) is 2.18. The molecule has 19 heavy (non-hydrogen) atoms. The van der Waals surface area contributed by atoms with Crippen LogP contribution in [0.15, 0.2) is 47.1 Å². The Kier molecular flexibility index (Phi) is 4.68. The number of ether oxygens (including phenoxy) is 1. The van der Waals surface area contributed by atoms with Gasteiger partial charge in [-0.25, -0.2) is 0 Å². The van der Waals surface area contributed by atoms with Crippen LogP contribution < -0.4 is 4.74 Å². The average Bonchev–Trinajstić information content (AvgIpc) is 2.42. The Morgan fingerprint density at radius 2 is 2.11 bits per heavy atom. The number of ketones is 1. The first-order valence-corrected chi connectivity index (χ1v) is 6.72. The molecule has 0 aliphatic carbocycles. The molecule has 0 unspecified atom stereocenters. The van der Waals surface area contributed by atoms with E-state index in [0.29, 0.717) is 12.8 Å². The van der Waals surface area contributed by atoms with Gasteiger partial charge in [0, 0.05) is 29.2 Å². The number of aromatic nitrogens is 1. The average molecular weight is 320 g/mol. The third kappa shape index (κ3) is 3.89. The first-order valence-electron chi connectivity index (χ1n) is 5.93. The quantitative estimate of drug-likeness (QED) is 0.849. The molecule has 98 valence electrons. The highest BCUT2D eigenvalue weighted by Gasteiger charge is 2.09. The fraction of sp³-hybridized carbons (Fsp3) is 0.200. The van der Waals surface area contributed by atoms with E-state index < -0.39 is 0 Å². The molecule has 0 radical (unpaired) electrons. The maximum Gasteiger partial charge on any atom is 0.143 e. The van der Waals surface area contributed by atoms with Gasteiger partial charge in [-0.05, 0) is 35.9 Å². The largest absolute Gasteiger partial charge is 0.497 e. The van der Waals surface area contributed by atoms with Crippen molar-refractivity contribution in [2.75, 3.05) is 7.11 Å². The number of methoxy groups -OCH3 is 1. The maximum atomic E-state index is 12.0. The lowest BCUT2D eigenvalue weighted by Crippen LogP contribution is -2.08. The Balaban J connectivity index is 2.06. The minimum absolute atomic E-state index is 0.132. The van der Waals surface area contributed by atoms with Crippen LogP contribution in [0.3, 0.4) is 0 Å². The summed E-state index contributed by atoms with van der Waals surface area (Å²) in [5.74, 6) is 0.886. The summed E-state index contributed by atoms with van der Waals surface area (Å²) < 4.78 is 6.08. The molecule has 1 aromatic carbocycles. The van der Waals surface area contributed by atoms with Crippen LogP contribution in [0, 0.1) is 0 Å². The summed E-state index contributed by atoms with van der Waals surface area (Å²) in [6.07, 6.45) is 2.42. The van der Waals surface area contributed by atoms with Crippen LogP contribution in [0.2, 0.25) is 0 Å². The van der Waals surface area contributed by atoms with Gasteiger partial charge >= 0.3 is 0 Å². The Morgan fingerprint density at radius 3 is 2.79 bits per heavy atom. The Morgan fingerprint density at radius 1 is 1.26 bits per heavy atom. The van der Waals surface area contributed by atoms with Gasteiger partial charge in [-0.15, -0.1) is 0 Å². The molecule has 0 atom stereocenters. The number of hydrogen-bond acceptors (Lipinski definition) is 3. The first-order chi connectivity index (χ1) is 9.19. The van der Waals surface area contributed by atoms with Crippen molar-refractivity contribution in [3.05, 3.63) is 58.3 Å². The fourth-order valence-electron chi connectivity index (χ4n) is 1.79. The molecule has 0 N–H and O–H groups in total. The molecular weight excluding hydrogens is 306 g/mol. The van der Waals surface area contributed by atoms with E-state index in [1.54, 1.807) is 13.3 Å². The number of hydrogen-bond donors (Lipinski definition) is 0. The van der Waals surface area contributed by atoms with Crippen LogP contribution in [0.25, 0.3) is 0 Å². The minimum Gasteiger partial charge on any atom is -0.497 e. The molecule has 0 amide bonds. The van der Waals surface area contributed by atoms with Crippen LogP contribution in [0.4, 0.5) is 0 Å². The van der Waals surface area contributed by atoms with Crippen molar-refractivity contribution in [1.82, 2.24) is 4.98 Å². The molecule has 2 aromatic rings. The summed E-state index contributed by atoms with van der Waals surface area (Å²) in [4.78, 5) is 16.2. The molecule has 0 spiro atoms. The molecular formula is C15H14BrNO2. The van der Waals surface area contributed by atoms with E-state index in [-0.39, 0.29) is 5.78 Å². The van der Waals surface area contributed by atoms with Crippen LogP contribution >= 0.6 is 15.9 Å². The lowest BCUT2D eigenvalue weighted by molar-refractivity contribution is -0.117. The zero-order chi connectivity index (χ0) is 13.7. The minimum atomic E-state index is 0.132. The molecule has 0 saturated carbocycles. The van der Waals surface area contributed by atoms with Gasteiger partial charge in [-0.2, -0.15) is 0 Å². The normalized spacial score (nSPS) is 10.2. The Hall–Kier alpha value is -1.68. The third-order valence-electron chi connectivity index (χ3n) is 2.74. The van der Waals surface area contributed by atoms with E-state index in [1.807, 2.05) is 36.4 Å². The van der Waals surface area contributed by atoms with E-state index in [4.69, 9.17) is 4.74 Å². The van der Waals surface area contributed by atoms with E-state index in [2.05, 4.69) is 20.9 Å². The van der Waals surface area contributed by atoms with Crippen molar-refractivity contribution in [3.8, 4) is 5.75 Å². The SMILES string of the molecule is COc1ccc(Br)c(CC(=O)Cc2ccccn2)c1. The number of halogens is 1. The number of carbonyl (C=O) groups is 1. The number of rotatable bonds is 5. The van der Waals surface area contributed by atoms with Gasteiger partial charge in [0.25, 0.3) is 0 Å². The molecule has 4 heteroatoms. The molecule has 0 fully saturated rings. The molecule has 0 bridgehead atoms. The maximum absolute atomic E-state index is 12.0. The number of Topliss-reactive ketones (excluding diaryl/α,β-unsaturated/α-hetero) is 1. The lowest BCUT2D eigenvalue weighted by atomic mass is 10.1. The second kappa shape index (κ2) is 6.48. The summed E-state index contributed by atoms with van der Waals surface area (Å²) in [6, 6.07) is 11.2. The van der Waals surface area contributed by atoms with E-state index >= 15 is 0 Å². The second-order valence-corrected chi connectivity index (χ2v) is 5.02. The van der Waals surface area contributed by atoms with Gasteiger partial charge in [0.1, 0.15) is 11.5 Å². The standard InChI is InChI=1S/C15H14BrNO2/c1-19-14-5-6-15(16)11(9-14)8-13(18)10-12-4-2-3-7-17-12/h2-7,9H,8,10H2,1H3. The highest BCUT2D eigenvalue weighted by molar-refractivity contribution is 9.10. The second-order valence-electron chi connectivity index (χ2n) is 4.17. The van der Waals surface area contributed by atoms with Crippen molar-refractivity contribution >= 4 is 21.7 Å². The highest BCUT2D eigenvalue weighted by Crippen LogP contribution is 2.23. The summed E-state index contributed by atoms with van der Waals surface area (Å²) in [5.41, 5.74) is 1.73. The topological polar surface area (TPSA) is 39.2 Å². The van der Waals surface area contributed by atoms with Gasteiger partial charge in [-0.1, -0.05) is 22.0 Å². The first kappa shape index (κ1) is 13.7.